The first-order valence-electron chi connectivity index (χ1n) is 8.41. The minimum atomic E-state index is -0.436. The number of carbonyl (C=O) groups excluding carboxylic acids is 2. The van der Waals surface area contributed by atoms with E-state index >= 15 is 0 Å². The highest BCUT2D eigenvalue weighted by molar-refractivity contribution is 5.96. The maximum absolute atomic E-state index is 12.3. The van der Waals surface area contributed by atoms with Gasteiger partial charge < -0.3 is 19.1 Å². The zero-order chi connectivity index (χ0) is 18.5. The number of benzene rings is 2. The molecule has 0 aromatic heterocycles. The van der Waals surface area contributed by atoms with Gasteiger partial charge in [-0.2, -0.15) is 0 Å². The summed E-state index contributed by atoms with van der Waals surface area (Å²) >= 11 is 0. The maximum Gasteiger partial charge on any atom is 0.338 e. The summed E-state index contributed by atoms with van der Waals surface area (Å²) in [7, 11) is 3.13. The normalized spacial score (nSPS) is 13.6. The Morgan fingerprint density at radius 3 is 2.46 bits per heavy atom. The molecule has 1 saturated heterocycles. The molecule has 1 aliphatic rings. The lowest BCUT2D eigenvalue weighted by Crippen LogP contribution is -2.23. The molecule has 136 valence electrons. The standard InChI is InChI=1S/C20H21NO5/c1-24-17-9-10-18(25-2)15(12-17)13-26-20(23)14-5-7-16(8-6-14)21-11-3-4-19(21)22/h5-10,12H,3-4,11,13H2,1-2H3. The highest BCUT2D eigenvalue weighted by atomic mass is 16.5. The Balaban J connectivity index is 1.66. The second-order valence-corrected chi connectivity index (χ2v) is 5.95. The average molecular weight is 355 g/mol. The number of rotatable bonds is 6. The van der Waals surface area contributed by atoms with E-state index in [9.17, 15) is 9.59 Å². The SMILES string of the molecule is COc1ccc(OC)c(COC(=O)c2ccc(N3CCCC3=O)cc2)c1. The Bertz CT molecular complexity index is 800. The first-order chi connectivity index (χ1) is 12.6. The number of methoxy groups -OCH3 is 2. The Morgan fingerprint density at radius 2 is 1.85 bits per heavy atom. The summed E-state index contributed by atoms with van der Waals surface area (Å²) < 4.78 is 15.9. The van der Waals surface area contributed by atoms with Crippen LogP contribution >= 0.6 is 0 Å². The van der Waals surface area contributed by atoms with Gasteiger partial charge in [-0.3, -0.25) is 4.79 Å². The predicted octanol–water partition coefficient (Wildman–Crippen LogP) is 3.19. The first kappa shape index (κ1) is 17.8. The van der Waals surface area contributed by atoms with Crippen molar-refractivity contribution < 1.29 is 23.8 Å². The minimum absolute atomic E-state index is 0.0750. The number of hydrogen-bond acceptors (Lipinski definition) is 5. The molecule has 1 heterocycles. The van der Waals surface area contributed by atoms with Crippen molar-refractivity contribution in [2.45, 2.75) is 19.4 Å². The third-order valence-electron chi connectivity index (χ3n) is 4.33. The molecular formula is C20H21NO5. The summed E-state index contributed by atoms with van der Waals surface area (Å²) in [5.74, 6) is 0.970. The van der Waals surface area contributed by atoms with Gasteiger partial charge in [0.05, 0.1) is 19.8 Å². The Labute approximate surface area is 152 Å². The molecule has 0 saturated carbocycles. The van der Waals surface area contributed by atoms with E-state index < -0.39 is 5.97 Å². The monoisotopic (exact) mass is 355 g/mol. The number of anilines is 1. The first-order valence-corrected chi connectivity index (χ1v) is 8.41. The molecule has 6 heteroatoms. The average Bonchev–Trinajstić information content (AvgIpc) is 3.11. The number of nitrogens with zero attached hydrogens (tertiary/aromatic N) is 1. The fourth-order valence-corrected chi connectivity index (χ4v) is 2.92. The van der Waals surface area contributed by atoms with Crippen molar-refractivity contribution in [3.8, 4) is 11.5 Å². The van der Waals surface area contributed by atoms with Crippen molar-refractivity contribution in [3.63, 3.8) is 0 Å². The molecule has 1 amide bonds. The van der Waals surface area contributed by atoms with Crippen molar-refractivity contribution in [2.75, 3.05) is 25.7 Å². The lowest BCUT2D eigenvalue weighted by atomic mass is 10.2. The molecule has 0 N–H and O–H groups in total. The molecule has 26 heavy (non-hydrogen) atoms. The number of carbonyl (C=O) groups is 2. The lowest BCUT2D eigenvalue weighted by Gasteiger charge is -2.16. The molecular weight excluding hydrogens is 334 g/mol. The van der Waals surface area contributed by atoms with Gasteiger partial charge in [-0.05, 0) is 48.9 Å². The van der Waals surface area contributed by atoms with Crippen molar-refractivity contribution in [1.82, 2.24) is 0 Å². The van der Waals surface area contributed by atoms with E-state index in [1.54, 1.807) is 61.6 Å². The van der Waals surface area contributed by atoms with Gasteiger partial charge in [0.2, 0.25) is 5.91 Å². The smallest absolute Gasteiger partial charge is 0.338 e. The van der Waals surface area contributed by atoms with Crippen LogP contribution in [0.5, 0.6) is 11.5 Å². The highest BCUT2D eigenvalue weighted by Crippen LogP contribution is 2.25. The van der Waals surface area contributed by atoms with Gasteiger partial charge in [0.1, 0.15) is 18.1 Å². The molecule has 0 radical (unpaired) electrons. The molecule has 2 aromatic carbocycles. The van der Waals surface area contributed by atoms with Crippen LogP contribution in [-0.4, -0.2) is 32.6 Å². The largest absolute Gasteiger partial charge is 0.497 e. The summed E-state index contributed by atoms with van der Waals surface area (Å²) in [4.78, 5) is 25.8. The zero-order valence-corrected chi connectivity index (χ0v) is 14.9. The maximum atomic E-state index is 12.3. The lowest BCUT2D eigenvalue weighted by molar-refractivity contribution is -0.117. The van der Waals surface area contributed by atoms with E-state index in [2.05, 4.69) is 0 Å². The molecule has 0 unspecified atom stereocenters. The highest BCUT2D eigenvalue weighted by Gasteiger charge is 2.21. The second kappa shape index (κ2) is 7.91. The number of amides is 1. The van der Waals surface area contributed by atoms with Crippen LogP contribution in [0.2, 0.25) is 0 Å². The van der Waals surface area contributed by atoms with Crippen LogP contribution < -0.4 is 14.4 Å². The molecule has 0 aliphatic carbocycles. The van der Waals surface area contributed by atoms with Crippen molar-refractivity contribution >= 4 is 17.6 Å². The molecule has 6 nitrogen and oxygen atoms in total. The second-order valence-electron chi connectivity index (χ2n) is 5.95. The van der Waals surface area contributed by atoms with Crippen molar-refractivity contribution in [1.29, 1.82) is 0 Å². The topological polar surface area (TPSA) is 65.1 Å². The molecule has 0 spiro atoms. The van der Waals surface area contributed by atoms with E-state index in [4.69, 9.17) is 14.2 Å². The van der Waals surface area contributed by atoms with Crippen LogP contribution in [-0.2, 0) is 16.1 Å². The van der Waals surface area contributed by atoms with Gasteiger partial charge in [-0.1, -0.05) is 0 Å². The Morgan fingerprint density at radius 1 is 1.08 bits per heavy atom. The molecule has 0 bridgehead atoms. The summed E-state index contributed by atoms with van der Waals surface area (Å²) in [5.41, 5.74) is 1.96. The molecule has 2 aromatic rings. The predicted molar refractivity (Wildman–Crippen MR) is 96.7 cm³/mol. The van der Waals surface area contributed by atoms with Gasteiger partial charge >= 0.3 is 5.97 Å². The van der Waals surface area contributed by atoms with Crippen LogP contribution in [0.4, 0.5) is 5.69 Å². The minimum Gasteiger partial charge on any atom is -0.497 e. The Hall–Kier alpha value is -3.02. The molecule has 1 aliphatic heterocycles. The van der Waals surface area contributed by atoms with E-state index in [1.807, 2.05) is 0 Å². The van der Waals surface area contributed by atoms with Crippen molar-refractivity contribution in [2.24, 2.45) is 0 Å². The summed E-state index contributed by atoms with van der Waals surface area (Å²) in [6.07, 6.45) is 1.44. The summed E-state index contributed by atoms with van der Waals surface area (Å²) in [6, 6.07) is 12.2. The van der Waals surface area contributed by atoms with E-state index in [1.165, 1.54) is 0 Å². The number of esters is 1. The molecule has 3 rings (SSSR count). The van der Waals surface area contributed by atoms with Gasteiger partial charge in [-0.25, -0.2) is 4.79 Å². The fraction of sp³-hybridized carbons (Fsp3) is 0.300. The van der Waals surface area contributed by atoms with Gasteiger partial charge in [0.15, 0.2) is 0 Å². The van der Waals surface area contributed by atoms with Crippen LogP contribution in [0.1, 0.15) is 28.8 Å². The van der Waals surface area contributed by atoms with Crippen LogP contribution in [0, 0.1) is 0 Å². The van der Waals surface area contributed by atoms with Crippen LogP contribution in [0.3, 0.4) is 0 Å². The Kier molecular flexibility index (Phi) is 5.41. The van der Waals surface area contributed by atoms with E-state index in [-0.39, 0.29) is 12.5 Å². The van der Waals surface area contributed by atoms with E-state index in [0.717, 1.165) is 24.2 Å². The molecule has 0 atom stereocenters. The summed E-state index contributed by atoms with van der Waals surface area (Å²) in [6.45, 7) is 0.795. The fourth-order valence-electron chi connectivity index (χ4n) is 2.92. The zero-order valence-electron chi connectivity index (χ0n) is 14.9. The summed E-state index contributed by atoms with van der Waals surface area (Å²) in [5, 5.41) is 0. The van der Waals surface area contributed by atoms with Crippen LogP contribution in [0.25, 0.3) is 0 Å². The van der Waals surface area contributed by atoms with Crippen LogP contribution in [0.15, 0.2) is 42.5 Å². The quantitative estimate of drug-likeness (QED) is 0.745. The molecule has 1 fully saturated rings. The van der Waals surface area contributed by atoms with Gasteiger partial charge in [0, 0.05) is 24.2 Å². The van der Waals surface area contributed by atoms with Gasteiger partial charge in [-0.15, -0.1) is 0 Å². The number of hydrogen-bond donors (Lipinski definition) is 0. The third-order valence-corrected chi connectivity index (χ3v) is 4.33. The number of ether oxygens (including phenoxy) is 3. The van der Waals surface area contributed by atoms with E-state index in [0.29, 0.717) is 23.5 Å². The third kappa shape index (κ3) is 3.79. The van der Waals surface area contributed by atoms with Gasteiger partial charge in [0.25, 0.3) is 0 Å². The van der Waals surface area contributed by atoms with Crippen molar-refractivity contribution in [3.05, 3.63) is 53.6 Å².